The van der Waals surface area contributed by atoms with E-state index in [4.69, 9.17) is 23.1 Å². The SMILES string of the molecule is NC(=O)C(N)CS(=O)Cc1ccccc1Cl. The second kappa shape index (κ2) is 5.98. The third-order valence-electron chi connectivity index (χ3n) is 2.01. The normalized spacial score (nSPS) is 14.4. The predicted octanol–water partition coefficient (Wildman–Crippen LogP) is 0.401. The van der Waals surface area contributed by atoms with E-state index >= 15 is 0 Å². The summed E-state index contributed by atoms with van der Waals surface area (Å²) in [6, 6.07) is 6.25. The second-order valence-corrected chi connectivity index (χ2v) is 5.26. The van der Waals surface area contributed by atoms with Crippen LogP contribution in [0.5, 0.6) is 0 Å². The molecule has 2 unspecified atom stereocenters. The van der Waals surface area contributed by atoms with Crippen molar-refractivity contribution in [1.82, 2.24) is 0 Å². The largest absolute Gasteiger partial charge is 0.368 e. The van der Waals surface area contributed by atoms with Gasteiger partial charge in [-0.15, -0.1) is 0 Å². The molecule has 0 aliphatic carbocycles. The van der Waals surface area contributed by atoms with E-state index in [1.807, 2.05) is 6.07 Å². The zero-order valence-corrected chi connectivity index (χ0v) is 10.1. The topological polar surface area (TPSA) is 86.2 Å². The molecule has 2 atom stereocenters. The van der Waals surface area contributed by atoms with Gasteiger partial charge < -0.3 is 11.5 Å². The maximum absolute atomic E-state index is 11.6. The van der Waals surface area contributed by atoms with Crippen molar-refractivity contribution in [3.63, 3.8) is 0 Å². The first-order valence-electron chi connectivity index (χ1n) is 4.64. The molecule has 1 aromatic rings. The van der Waals surface area contributed by atoms with Crippen molar-refractivity contribution in [2.24, 2.45) is 11.5 Å². The van der Waals surface area contributed by atoms with Crippen LogP contribution in [0.4, 0.5) is 0 Å². The summed E-state index contributed by atoms with van der Waals surface area (Å²) >= 11 is 5.91. The van der Waals surface area contributed by atoms with Crippen LogP contribution in [0.2, 0.25) is 5.02 Å². The molecular weight excluding hydrogens is 248 g/mol. The fourth-order valence-corrected chi connectivity index (χ4v) is 2.69. The highest BCUT2D eigenvalue weighted by Gasteiger charge is 2.14. The number of benzene rings is 1. The van der Waals surface area contributed by atoms with Gasteiger partial charge in [-0.2, -0.15) is 0 Å². The minimum Gasteiger partial charge on any atom is -0.368 e. The van der Waals surface area contributed by atoms with Gasteiger partial charge in [0, 0.05) is 21.6 Å². The van der Waals surface area contributed by atoms with E-state index in [1.165, 1.54) is 0 Å². The summed E-state index contributed by atoms with van der Waals surface area (Å²) in [7, 11) is -1.24. The summed E-state index contributed by atoms with van der Waals surface area (Å²) < 4.78 is 11.6. The van der Waals surface area contributed by atoms with Crippen LogP contribution >= 0.6 is 11.6 Å². The van der Waals surface area contributed by atoms with Crippen LogP contribution in [0, 0.1) is 0 Å². The van der Waals surface area contributed by atoms with E-state index in [9.17, 15) is 9.00 Å². The smallest absolute Gasteiger partial charge is 0.235 e. The minimum atomic E-state index is -1.24. The number of hydrogen-bond acceptors (Lipinski definition) is 3. The van der Waals surface area contributed by atoms with Crippen molar-refractivity contribution in [1.29, 1.82) is 0 Å². The molecule has 88 valence electrons. The van der Waals surface area contributed by atoms with E-state index in [0.717, 1.165) is 5.56 Å². The average molecular weight is 261 g/mol. The molecule has 0 aliphatic rings. The summed E-state index contributed by atoms with van der Waals surface area (Å²) in [6.07, 6.45) is 0. The standard InChI is InChI=1S/C10H13ClN2O2S/c11-8-4-2-1-3-7(8)5-16(15)6-9(12)10(13)14/h1-4,9H,5-6,12H2,(H2,13,14). The molecule has 0 aliphatic heterocycles. The number of halogens is 1. The highest BCUT2D eigenvalue weighted by molar-refractivity contribution is 7.84. The van der Waals surface area contributed by atoms with Crippen LogP contribution in [0.15, 0.2) is 24.3 Å². The molecule has 0 saturated carbocycles. The molecule has 4 N–H and O–H groups in total. The number of carbonyl (C=O) groups excluding carboxylic acids is 1. The Balaban J connectivity index is 2.59. The number of carbonyl (C=O) groups is 1. The van der Waals surface area contributed by atoms with Crippen molar-refractivity contribution in [2.45, 2.75) is 11.8 Å². The Labute approximate surface area is 101 Å². The molecule has 1 aromatic carbocycles. The van der Waals surface area contributed by atoms with Gasteiger partial charge in [0.05, 0.1) is 11.8 Å². The van der Waals surface area contributed by atoms with Gasteiger partial charge in [-0.1, -0.05) is 29.8 Å². The Morgan fingerprint density at radius 2 is 2.06 bits per heavy atom. The van der Waals surface area contributed by atoms with Gasteiger partial charge >= 0.3 is 0 Å². The Morgan fingerprint density at radius 1 is 1.44 bits per heavy atom. The molecule has 0 saturated heterocycles. The lowest BCUT2D eigenvalue weighted by Crippen LogP contribution is -2.40. The molecule has 1 amide bonds. The lowest BCUT2D eigenvalue weighted by Gasteiger charge is -2.08. The third-order valence-corrected chi connectivity index (χ3v) is 3.74. The van der Waals surface area contributed by atoms with Gasteiger partial charge in [-0.3, -0.25) is 9.00 Å². The Bertz CT molecular complexity index is 412. The van der Waals surface area contributed by atoms with Crippen LogP contribution in [0.1, 0.15) is 5.56 Å². The lowest BCUT2D eigenvalue weighted by molar-refractivity contribution is -0.118. The number of hydrogen-bond donors (Lipinski definition) is 2. The third kappa shape index (κ3) is 3.92. The van der Waals surface area contributed by atoms with Crippen molar-refractivity contribution >= 4 is 28.3 Å². The van der Waals surface area contributed by atoms with Gasteiger partial charge in [0.25, 0.3) is 0 Å². The fraction of sp³-hybridized carbons (Fsp3) is 0.300. The first kappa shape index (κ1) is 13.2. The van der Waals surface area contributed by atoms with Crippen LogP contribution < -0.4 is 11.5 Å². The monoisotopic (exact) mass is 260 g/mol. The molecule has 1 rings (SSSR count). The lowest BCUT2D eigenvalue weighted by atomic mass is 10.2. The Morgan fingerprint density at radius 3 is 2.62 bits per heavy atom. The van der Waals surface area contributed by atoms with Crippen molar-refractivity contribution in [3.8, 4) is 0 Å². The molecule has 16 heavy (non-hydrogen) atoms. The molecule has 0 spiro atoms. The van der Waals surface area contributed by atoms with E-state index in [1.54, 1.807) is 18.2 Å². The molecule has 0 aromatic heterocycles. The zero-order chi connectivity index (χ0) is 12.1. The van der Waals surface area contributed by atoms with Gasteiger partial charge in [0.2, 0.25) is 5.91 Å². The van der Waals surface area contributed by atoms with Gasteiger partial charge in [-0.05, 0) is 11.6 Å². The molecular formula is C10H13ClN2O2S. The molecule has 6 heteroatoms. The Hall–Kier alpha value is -0.910. The summed E-state index contributed by atoms with van der Waals surface area (Å²) in [5.74, 6) is -0.311. The Kier molecular flexibility index (Phi) is 4.92. The first-order valence-corrected chi connectivity index (χ1v) is 6.50. The van der Waals surface area contributed by atoms with Crippen molar-refractivity contribution < 1.29 is 9.00 Å². The predicted molar refractivity (Wildman–Crippen MR) is 65.3 cm³/mol. The van der Waals surface area contributed by atoms with Crippen LogP contribution in [0.25, 0.3) is 0 Å². The highest BCUT2D eigenvalue weighted by Crippen LogP contribution is 2.16. The summed E-state index contributed by atoms with van der Waals surface area (Å²) in [5, 5.41) is 0.559. The molecule has 0 heterocycles. The summed E-state index contributed by atoms with van der Waals surface area (Å²) in [5.41, 5.74) is 11.2. The number of nitrogens with two attached hydrogens (primary N) is 2. The summed E-state index contributed by atoms with van der Waals surface area (Å²) in [4.78, 5) is 10.7. The van der Waals surface area contributed by atoms with Crippen molar-refractivity contribution in [2.75, 3.05) is 5.75 Å². The molecule has 4 nitrogen and oxygen atoms in total. The molecule has 0 bridgehead atoms. The van der Waals surface area contributed by atoms with Crippen LogP contribution in [0.3, 0.4) is 0 Å². The molecule has 0 fully saturated rings. The minimum absolute atomic E-state index is 0.0561. The summed E-state index contributed by atoms with van der Waals surface area (Å²) in [6.45, 7) is 0. The van der Waals surface area contributed by atoms with Gasteiger partial charge in [-0.25, -0.2) is 0 Å². The molecule has 0 radical (unpaired) electrons. The van der Waals surface area contributed by atoms with E-state index < -0.39 is 22.7 Å². The first-order chi connectivity index (χ1) is 7.50. The van der Waals surface area contributed by atoms with Gasteiger partial charge in [0.1, 0.15) is 0 Å². The fourth-order valence-electron chi connectivity index (χ4n) is 1.13. The van der Waals surface area contributed by atoms with E-state index in [0.29, 0.717) is 5.02 Å². The quantitative estimate of drug-likeness (QED) is 0.804. The highest BCUT2D eigenvalue weighted by atomic mass is 35.5. The second-order valence-electron chi connectivity index (χ2n) is 3.35. The van der Waals surface area contributed by atoms with Crippen LogP contribution in [-0.2, 0) is 21.3 Å². The van der Waals surface area contributed by atoms with E-state index in [2.05, 4.69) is 0 Å². The van der Waals surface area contributed by atoms with Crippen molar-refractivity contribution in [3.05, 3.63) is 34.9 Å². The van der Waals surface area contributed by atoms with Crippen LogP contribution in [-0.4, -0.2) is 21.9 Å². The van der Waals surface area contributed by atoms with Gasteiger partial charge in [0.15, 0.2) is 0 Å². The average Bonchev–Trinajstić information content (AvgIpc) is 2.21. The number of rotatable bonds is 5. The maximum atomic E-state index is 11.6. The number of amides is 1. The maximum Gasteiger partial charge on any atom is 0.235 e. The number of primary amides is 1. The van der Waals surface area contributed by atoms with E-state index in [-0.39, 0.29) is 11.5 Å². The zero-order valence-electron chi connectivity index (χ0n) is 8.56.